The first-order chi connectivity index (χ1) is 8.65. The zero-order valence-corrected chi connectivity index (χ0v) is 10.5. The molecule has 0 saturated carbocycles. The normalized spacial score (nSPS) is 19.3. The Balaban J connectivity index is 2.29. The number of halogens is 2. The maximum atomic E-state index is 12.7. The number of hydrogen-bond acceptors (Lipinski definition) is 1. The molecule has 1 aromatic carbocycles. The highest BCUT2D eigenvalue weighted by Crippen LogP contribution is 2.21. The molecule has 0 radical (unpaired) electrons. The van der Waals surface area contributed by atoms with Gasteiger partial charge < -0.3 is 4.90 Å². The average molecular weight is 253 g/mol. The molecule has 2 nitrogen and oxygen atoms in total. The van der Waals surface area contributed by atoms with Crippen LogP contribution in [0.2, 0.25) is 0 Å². The van der Waals surface area contributed by atoms with Crippen LogP contribution >= 0.6 is 0 Å². The molecule has 0 bridgehead atoms. The Morgan fingerprint density at radius 2 is 1.89 bits per heavy atom. The number of nitrogens with zero attached hydrogens (tertiary/aromatic N) is 1. The lowest BCUT2D eigenvalue weighted by Crippen LogP contribution is -2.33. The molecule has 18 heavy (non-hydrogen) atoms. The molecule has 1 aromatic rings. The second-order valence-electron chi connectivity index (χ2n) is 4.80. The molecular formula is C14H17F2NO. The van der Waals surface area contributed by atoms with Gasteiger partial charge in [0.25, 0.3) is 5.91 Å². The highest BCUT2D eigenvalue weighted by atomic mass is 19.1. The smallest absolute Gasteiger partial charge is 0.254 e. The minimum Gasteiger partial charge on any atom is -0.336 e. The average Bonchev–Trinajstić information content (AvgIpc) is 2.83. The molecule has 2 rings (SSSR count). The molecule has 1 aliphatic rings. The largest absolute Gasteiger partial charge is 0.336 e. The van der Waals surface area contributed by atoms with Gasteiger partial charge in [-0.2, -0.15) is 0 Å². The second-order valence-corrected chi connectivity index (χ2v) is 4.80. The summed E-state index contributed by atoms with van der Waals surface area (Å²) in [5, 5.41) is 0. The number of benzene rings is 1. The molecule has 1 atom stereocenters. The minimum atomic E-state index is -0.677. The molecule has 4 heteroatoms. The SMILES string of the molecule is CC1CCCN1C(=O)c1cc(CF)cc(CF)c1. The van der Waals surface area contributed by atoms with E-state index >= 15 is 0 Å². The number of amides is 1. The molecule has 1 saturated heterocycles. The molecule has 1 amide bonds. The fourth-order valence-electron chi connectivity index (χ4n) is 2.44. The van der Waals surface area contributed by atoms with E-state index in [2.05, 4.69) is 0 Å². The van der Waals surface area contributed by atoms with Crippen molar-refractivity contribution in [3.63, 3.8) is 0 Å². The van der Waals surface area contributed by atoms with Gasteiger partial charge in [0.1, 0.15) is 13.3 Å². The third kappa shape index (κ3) is 2.52. The van der Waals surface area contributed by atoms with Crippen LogP contribution < -0.4 is 0 Å². The topological polar surface area (TPSA) is 20.3 Å². The van der Waals surface area contributed by atoms with Crippen molar-refractivity contribution < 1.29 is 13.6 Å². The maximum Gasteiger partial charge on any atom is 0.254 e. The van der Waals surface area contributed by atoms with Gasteiger partial charge >= 0.3 is 0 Å². The molecular weight excluding hydrogens is 236 g/mol. The van der Waals surface area contributed by atoms with Crippen LogP contribution in [0.1, 0.15) is 41.3 Å². The zero-order chi connectivity index (χ0) is 13.1. The Morgan fingerprint density at radius 3 is 2.33 bits per heavy atom. The van der Waals surface area contributed by atoms with E-state index in [0.717, 1.165) is 19.4 Å². The Kier molecular flexibility index (Phi) is 3.94. The number of likely N-dealkylation sites (tertiary alicyclic amines) is 1. The van der Waals surface area contributed by atoms with E-state index in [1.807, 2.05) is 6.92 Å². The van der Waals surface area contributed by atoms with E-state index in [-0.39, 0.29) is 11.9 Å². The number of carbonyl (C=O) groups excluding carboxylic acids is 1. The predicted octanol–water partition coefficient (Wildman–Crippen LogP) is 3.25. The van der Waals surface area contributed by atoms with Gasteiger partial charge in [0.05, 0.1) is 0 Å². The van der Waals surface area contributed by atoms with E-state index in [1.165, 1.54) is 18.2 Å². The van der Waals surface area contributed by atoms with Crippen LogP contribution in [0.15, 0.2) is 18.2 Å². The molecule has 1 unspecified atom stereocenters. The van der Waals surface area contributed by atoms with Gasteiger partial charge in [-0.05, 0) is 43.0 Å². The van der Waals surface area contributed by atoms with Gasteiger partial charge in [-0.1, -0.05) is 6.07 Å². The fraction of sp³-hybridized carbons (Fsp3) is 0.500. The van der Waals surface area contributed by atoms with Gasteiger partial charge in [0.15, 0.2) is 0 Å². The number of alkyl halides is 2. The van der Waals surface area contributed by atoms with Crippen molar-refractivity contribution in [2.75, 3.05) is 6.54 Å². The summed E-state index contributed by atoms with van der Waals surface area (Å²) in [6.45, 7) is 1.37. The summed E-state index contributed by atoms with van der Waals surface area (Å²) in [6.07, 6.45) is 1.98. The first-order valence-electron chi connectivity index (χ1n) is 6.21. The van der Waals surface area contributed by atoms with Crippen molar-refractivity contribution in [3.8, 4) is 0 Å². The van der Waals surface area contributed by atoms with Gasteiger partial charge in [-0.25, -0.2) is 8.78 Å². The van der Waals surface area contributed by atoms with Crippen LogP contribution in [0.4, 0.5) is 8.78 Å². The molecule has 1 aliphatic heterocycles. The molecule has 0 aliphatic carbocycles. The highest BCUT2D eigenvalue weighted by molar-refractivity contribution is 5.95. The molecule has 0 aromatic heterocycles. The lowest BCUT2D eigenvalue weighted by Gasteiger charge is -2.22. The fourth-order valence-corrected chi connectivity index (χ4v) is 2.44. The van der Waals surface area contributed by atoms with Crippen LogP contribution in [-0.2, 0) is 13.3 Å². The summed E-state index contributed by atoms with van der Waals surface area (Å²) in [5.41, 5.74) is 1.12. The Bertz CT molecular complexity index is 425. The molecule has 0 spiro atoms. The summed E-state index contributed by atoms with van der Waals surface area (Å²) in [7, 11) is 0. The summed E-state index contributed by atoms with van der Waals surface area (Å²) in [6, 6.07) is 4.71. The van der Waals surface area contributed by atoms with Crippen molar-refractivity contribution >= 4 is 5.91 Å². The van der Waals surface area contributed by atoms with E-state index in [4.69, 9.17) is 0 Å². The molecule has 1 heterocycles. The molecule has 0 N–H and O–H groups in total. The quantitative estimate of drug-likeness (QED) is 0.809. The van der Waals surface area contributed by atoms with Crippen LogP contribution in [0.5, 0.6) is 0 Å². The maximum absolute atomic E-state index is 12.7. The standard InChI is InChI=1S/C14H17F2NO/c1-10-3-2-4-17(10)14(18)13-6-11(8-15)5-12(7-13)9-16/h5-7,10H,2-4,8-9H2,1H3. The van der Waals surface area contributed by atoms with Crippen LogP contribution in [-0.4, -0.2) is 23.4 Å². The van der Waals surface area contributed by atoms with Crippen LogP contribution in [0.25, 0.3) is 0 Å². The zero-order valence-electron chi connectivity index (χ0n) is 10.5. The van der Waals surface area contributed by atoms with Crippen molar-refractivity contribution in [1.82, 2.24) is 4.90 Å². The minimum absolute atomic E-state index is 0.120. The van der Waals surface area contributed by atoms with Gasteiger partial charge in [0.2, 0.25) is 0 Å². The second kappa shape index (κ2) is 5.46. The molecule has 1 fully saturated rings. The van der Waals surface area contributed by atoms with Crippen molar-refractivity contribution in [2.24, 2.45) is 0 Å². The first kappa shape index (κ1) is 13.0. The Labute approximate surface area is 106 Å². The lowest BCUT2D eigenvalue weighted by atomic mass is 10.1. The first-order valence-corrected chi connectivity index (χ1v) is 6.21. The summed E-state index contributed by atoms with van der Waals surface area (Å²) in [4.78, 5) is 14.1. The van der Waals surface area contributed by atoms with Crippen molar-refractivity contribution in [3.05, 3.63) is 34.9 Å². The third-order valence-electron chi connectivity index (χ3n) is 3.42. The summed E-state index contributed by atoms with van der Waals surface area (Å²) in [5.74, 6) is -0.120. The predicted molar refractivity (Wildman–Crippen MR) is 65.8 cm³/mol. The molecule has 98 valence electrons. The number of rotatable bonds is 3. The lowest BCUT2D eigenvalue weighted by molar-refractivity contribution is 0.0747. The van der Waals surface area contributed by atoms with Gasteiger partial charge in [-0.15, -0.1) is 0 Å². The van der Waals surface area contributed by atoms with Crippen LogP contribution in [0, 0.1) is 0 Å². The summed E-state index contributed by atoms with van der Waals surface area (Å²) < 4.78 is 25.4. The van der Waals surface area contributed by atoms with Crippen molar-refractivity contribution in [2.45, 2.75) is 39.2 Å². The number of carbonyl (C=O) groups is 1. The highest BCUT2D eigenvalue weighted by Gasteiger charge is 2.26. The van der Waals surface area contributed by atoms with Crippen molar-refractivity contribution in [1.29, 1.82) is 0 Å². The summed E-state index contributed by atoms with van der Waals surface area (Å²) >= 11 is 0. The van der Waals surface area contributed by atoms with E-state index < -0.39 is 13.3 Å². The number of hydrogen-bond donors (Lipinski definition) is 0. The van der Waals surface area contributed by atoms with E-state index in [1.54, 1.807) is 4.90 Å². The Morgan fingerprint density at radius 1 is 1.28 bits per heavy atom. The van der Waals surface area contributed by atoms with Crippen LogP contribution in [0.3, 0.4) is 0 Å². The van der Waals surface area contributed by atoms with E-state index in [9.17, 15) is 13.6 Å². The van der Waals surface area contributed by atoms with E-state index in [0.29, 0.717) is 16.7 Å². The van der Waals surface area contributed by atoms with Gasteiger partial charge in [0, 0.05) is 18.2 Å². The monoisotopic (exact) mass is 253 g/mol. The third-order valence-corrected chi connectivity index (χ3v) is 3.42. The Hall–Kier alpha value is -1.45. The van der Waals surface area contributed by atoms with Gasteiger partial charge in [-0.3, -0.25) is 4.79 Å².